The minimum Gasteiger partial charge on any atom is -0.376 e. The smallest absolute Gasteiger partial charge is 0.270 e. The predicted octanol–water partition coefficient (Wildman–Crippen LogP) is 1.56. The number of hydrogen-bond donors (Lipinski definition) is 2. The van der Waals surface area contributed by atoms with Crippen LogP contribution in [-0.2, 0) is 4.74 Å². The first-order chi connectivity index (χ1) is 9.31. The van der Waals surface area contributed by atoms with E-state index in [4.69, 9.17) is 4.74 Å². The first-order valence-corrected chi connectivity index (χ1v) is 6.94. The van der Waals surface area contributed by atoms with E-state index in [1.54, 1.807) is 6.07 Å². The van der Waals surface area contributed by atoms with Crippen LogP contribution in [0.25, 0.3) is 0 Å². The van der Waals surface area contributed by atoms with Gasteiger partial charge in [0.2, 0.25) is 0 Å². The number of pyridine rings is 1. The molecule has 19 heavy (non-hydrogen) atoms. The van der Waals surface area contributed by atoms with E-state index in [1.165, 1.54) is 12.8 Å². The zero-order valence-corrected chi connectivity index (χ0v) is 10.9. The highest BCUT2D eigenvalue weighted by Crippen LogP contribution is 2.23. The maximum Gasteiger partial charge on any atom is 0.270 e. The van der Waals surface area contributed by atoms with Crippen LogP contribution in [0.1, 0.15) is 36.2 Å². The van der Waals surface area contributed by atoms with Gasteiger partial charge in [-0.05, 0) is 37.8 Å². The summed E-state index contributed by atoms with van der Waals surface area (Å²) in [5.74, 6) is 0.655. The van der Waals surface area contributed by atoms with Crippen LogP contribution in [0.2, 0.25) is 0 Å². The Balaban J connectivity index is 1.55. The molecule has 2 aliphatic rings. The van der Waals surface area contributed by atoms with Gasteiger partial charge in [-0.2, -0.15) is 0 Å². The molecule has 1 unspecified atom stereocenters. The average Bonchev–Trinajstić information content (AvgIpc) is 3.08. The fraction of sp³-hybridized carbons (Fsp3) is 0.571. The molecule has 3 rings (SSSR count). The molecule has 0 aromatic carbocycles. The Morgan fingerprint density at radius 2 is 2.26 bits per heavy atom. The molecule has 102 valence electrons. The zero-order chi connectivity index (χ0) is 13.1. The second-order valence-electron chi connectivity index (χ2n) is 5.17. The summed E-state index contributed by atoms with van der Waals surface area (Å²) in [6.07, 6.45) is 4.65. The van der Waals surface area contributed by atoms with Crippen molar-refractivity contribution in [2.75, 3.05) is 18.5 Å². The summed E-state index contributed by atoms with van der Waals surface area (Å²) in [5.41, 5.74) is 0.462. The van der Waals surface area contributed by atoms with Gasteiger partial charge in [-0.3, -0.25) is 4.79 Å². The van der Waals surface area contributed by atoms with E-state index < -0.39 is 0 Å². The number of carbonyl (C=O) groups is 1. The largest absolute Gasteiger partial charge is 0.376 e. The third-order valence-corrected chi connectivity index (χ3v) is 3.43. The van der Waals surface area contributed by atoms with Gasteiger partial charge in [-0.15, -0.1) is 0 Å². The van der Waals surface area contributed by atoms with E-state index in [2.05, 4.69) is 15.6 Å². The number of nitrogens with one attached hydrogen (secondary N) is 2. The molecule has 5 heteroatoms. The summed E-state index contributed by atoms with van der Waals surface area (Å²) < 4.78 is 5.48. The molecule has 0 bridgehead atoms. The van der Waals surface area contributed by atoms with Gasteiger partial charge >= 0.3 is 0 Å². The van der Waals surface area contributed by atoms with Crippen molar-refractivity contribution in [3.63, 3.8) is 0 Å². The quantitative estimate of drug-likeness (QED) is 0.844. The number of hydrogen-bond acceptors (Lipinski definition) is 4. The van der Waals surface area contributed by atoms with Crippen LogP contribution in [0.3, 0.4) is 0 Å². The van der Waals surface area contributed by atoms with E-state index in [1.807, 2.05) is 12.1 Å². The number of aromatic nitrogens is 1. The zero-order valence-electron chi connectivity index (χ0n) is 10.9. The van der Waals surface area contributed by atoms with Crippen molar-refractivity contribution in [3.05, 3.63) is 23.9 Å². The Morgan fingerprint density at radius 3 is 3.00 bits per heavy atom. The average molecular weight is 261 g/mol. The van der Waals surface area contributed by atoms with Crippen LogP contribution < -0.4 is 10.6 Å². The van der Waals surface area contributed by atoms with E-state index in [-0.39, 0.29) is 12.0 Å². The van der Waals surface area contributed by atoms with Crippen LogP contribution >= 0.6 is 0 Å². The molecule has 1 amide bonds. The molecule has 1 aromatic rings. The number of ether oxygens (including phenoxy) is 1. The van der Waals surface area contributed by atoms with E-state index >= 15 is 0 Å². The van der Waals surface area contributed by atoms with Gasteiger partial charge in [-0.1, -0.05) is 6.07 Å². The fourth-order valence-corrected chi connectivity index (χ4v) is 2.18. The topological polar surface area (TPSA) is 63.2 Å². The summed E-state index contributed by atoms with van der Waals surface area (Å²) in [6, 6.07) is 6.04. The maximum absolute atomic E-state index is 12.0. The molecule has 1 atom stereocenters. The second-order valence-corrected chi connectivity index (χ2v) is 5.17. The molecule has 5 nitrogen and oxygen atoms in total. The van der Waals surface area contributed by atoms with E-state index in [9.17, 15) is 4.79 Å². The highest BCUT2D eigenvalue weighted by atomic mass is 16.5. The molecule has 2 fully saturated rings. The van der Waals surface area contributed by atoms with Crippen molar-refractivity contribution in [2.24, 2.45) is 0 Å². The second kappa shape index (κ2) is 5.57. The summed E-state index contributed by atoms with van der Waals surface area (Å²) >= 11 is 0. The number of carbonyl (C=O) groups excluding carboxylic acids is 1. The molecule has 1 aromatic heterocycles. The molecule has 0 spiro atoms. The highest BCUT2D eigenvalue weighted by molar-refractivity contribution is 5.92. The van der Waals surface area contributed by atoms with Crippen molar-refractivity contribution in [2.45, 2.75) is 37.8 Å². The van der Waals surface area contributed by atoms with Gasteiger partial charge in [0.15, 0.2) is 0 Å². The van der Waals surface area contributed by atoms with E-state index in [0.717, 1.165) is 25.3 Å². The SMILES string of the molecule is O=C(NCC1CCCO1)c1cccc(NC2CC2)n1. The maximum atomic E-state index is 12.0. The lowest BCUT2D eigenvalue weighted by atomic mass is 10.2. The summed E-state index contributed by atoms with van der Waals surface area (Å²) in [5, 5.41) is 6.18. The molecule has 0 radical (unpaired) electrons. The monoisotopic (exact) mass is 261 g/mol. The number of amides is 1. The van der Waals surface area contributed by atoms with Crippen molar-refractivity contribution in [3.8, 4) is 0 Å². The van der Waals surface area contributed by atoms with E-state index in [0.29, 0.717) is 18.3 Å². The number of nitrogens with zero attached hydrogens (tertiary/aromatic N) is 1. The first kappa shape index (κ1) is 12.4. The third kappa shape index (κ3) is 3.44. The van der Waals surface area contributed by atoms with Gasteiger partial charge in [-0.25, -0.2) is 4.98 Å². The van der Waals surface area contributed by atoms with Gasteiger partial charge in [0, 0.05) is 19.2 Å². The Kier molecular flexibility index (Phi) is 3.64. The van der Waals surface area contributed by atoms with Crippen molar-refractivity contribution >= 4 is 11.7 Å². The predicted molar refractivity (Wildman–Crippen MR) is 72.2 cm³/mol. The first-order valence-electron chi connectivity index (χ1n) is 6.94. The van der Waals surface area contributed by atoms with Crippen molar-refractivity contribution in [1.82, 2.24) is 10.3 Å². The summed E-state index contributed by atoms with van der Waals surface area (Å²) in [4.78, 5) is 16.3. The molecule has 1 saturated heterocycles. The molecule has 1 saturated carbocycles. The standard InChI is InChI=1S/C14H19N3O2/c18-14(15-9-11-3-2-8-19-11)12-4-1-5-13(17-12)16-10-6-7-10/h1,4-5,10-11H,2-3,6-9H2,(H,15,18)(H,16,17). The van der Waals surface area contributed by atoms with Crippen molar-refractivity contribution < 1.29 is 9.53 Å². The summed E-state index contributed by atoms with van der Waals surface area (Å²) in [7, 11) is 0. The summed E-state index contributed by atoms with van der Waals surface area (Å²) in [6.45, 7) is 1.38. The lowest BCUT2D eigenvalue weighted by molar-refractivity contribution is 0.0854. The molecular weight excluding hydrogens is 242 g/mol. The van der Waals surface area contributed by atoms with Gasteiger partial charge < -0.3 is 15.4 Å². The number of anilines is 1. The Labute approximate surface area is 112 Å². The van der Waals surface area contributed by atoms with Gasteiger partial charge in [0.1, 0.15) is 11.5 Å². The lowest BCUT2D eigenvalue weighted by Crippen LogP contribution is -2.32. The Bertz CT molecular complexity index is 454. The molecule has 1 aliphatic heterocycles. The third-order valence-electron chi connectivity index (χ3n) is 3.43. The van der Waals surface area contributed by atoms with Crippen molar-refractivity contribution in [1.29, 1.82) is 0 Å². The Hall–Kier alpha value is -1.62. The van der Waals surface area contributed by atoms with Crippen LogP contribution in [0, 0.1) is 0 Å². The van der Waals surface area contributed by atoms with Gasteiger partial charge in [0.25, 0.3) is 5.91 Å². The lowest BCUT2D eigenvalue weighted by Gasteiger charge is -2.11. The number of rotatable bonds is 5. The highest BCUT2D eigenvalue weighted by Gasteiger charge is 2.22. The van der Waals surface area contributed by atoms with Gasteiger partial charge in [0.05, 0.1) is 6.10 Å². The van der Waals surface area contributed by atoms with Crippen LogP contribution in [0.15, 0.2) is 18.2 Å². The minimum atomic E-state index is -0.130. The normalized spacial score (nSPS) is 22.2. The van der Waals surface area contributed by atoms with Crippen LogP contribution in [-0.4, -0.2) is 36.2 Å². The molecule has 2 heterocycles. The van der Waals surface area contributed by atoms with Crippen LogP contribution in [0.4, 0.5) is 5.82 Å². The van der Waals surface area contributed by atoms with Crippen LogP contribution in [0.5, 0.6) is 0 Å². The molecule has 1 aliphatic carbocycles. The Morgan fingerprint density at radius 1 is 1.37 bits per heavy atom. The fourth-order valence-electron chi connectivity index (χ4n) is 2.18. The minimum absolute atomic E-state index is 0.130. The molecule has 2 N–H and O–H groups in total. The molecular formula is C14H19N3O2.